The summed E-state index contributed by atoms with van der Waals surface area (Å²) in [4.78, 5) is 37.6. The highest BCUT2D eigenvalue weighted by molar-refractivity contribution is 6.07. The molecule has 1 aliphatic heterocycles. The van der Waals surface area contributed by atoms with E-state index in [1.807, 2.05) is 6.07 Å². The minimum atomic E-state index is -0.746. The number of benzene rings is 1. The van der Waals surface area contributed by atoms with Gasteiger partial charge < -0.3 is 10.1 Å². The van der Waals surface area contributed by atoms with Gasteiger partial charge in [0.2, 0.25) is 0 Å². The maximum absolute atomic E-state index is 12.7. The molecule has 0 spiro atoms. The summed E-state index contributed by atoms with van der Waals surface area (Å²) >= 11 is 0. The molecule has 0 radical (unpaired) electrons. The predicted molar refractivity (Wildman–Crippen MR) is 91.3 cm³/mol. The van der Waals surface area contributed by atoms with E-state index in [0.717, 1.165) is 18.4 Å². The first kappa shape index (κ1) is 17.0. The van der Waals surface area contributed by atoms with Crippen molar-refractivity contribution >= 4 is 17.8 Å². The Kier molecular flexibility index (Phi) is 4.44. The van der Waals surface area contributed by atoms with Crippen molar-refractivity contribution in [3.63, 3.8) is 0 Å². The van der Waals surface area contributed by atoms with E-state index in [2.05, 4.69) is 29.3 Å². The van der Waals surface area contributed by atoms with Crippen molar-refractivity contribution in [2.24, 2.45) is 0 Å². The fourth-order valence-corrected chi connectivity index (χ4v) is 3.18. The van der Waals surface area contributed by atoms with Crippen LogP contribution in [-0.4, -0.2) is 29.8 Å². The van der Waals surface area contributed by atoms with Crippen LogP contribution in [0.2, 0.25) is 0 Å². The molecule has 0 saturated heterocycles. The van der Waals surface area contributed by atoms with Crippen LogP contribution in [0.5, 0.6) is 0 Å². The Morgan fingerprint density at radius 1 is 1.28 bits per heavy atom. The lowest BCUT2D eigenvalue weighted by Gasteiger charge is -2.27. The highest BCUT2D eigenvalue weighted by atomic mass is 16.5. The van der Waals surface area contributed by atoms with Crippen molar-refractivity contribution in [1.29, 1.82) is 0 Å². The predicted octanol–water partition coefficient (Wildman–Crippen LogP) is 2.23. The Hall–Kier alpha value is -2.89. The summed E-state index contributed by atoms with van der Waals surface area (Å²) in [5.41, 5.74) is 2.55. The number of hydrogen-bond donors (Lipinski definition) is 1. The van der Waals surface area contributed by atoms with Crippen LogP contribution < -0.4 is 5.32 Å². The fourth-order valence-electron chi connectivity index (χ4n) is 3.18. The minimum absolute atomic E-state index is 0.0224. The molecule has 6 heteroatoms. The third kappa shape index (κ3) is 2.95. The van der Waals surface area contributed by atoms with E-state index in [0.29, 0.717) is 18.0 Å². The number of nitrogens with one attached hydrogen (secondary N) is 1. The molecule has 1 aliphatic carbocycles. The molecule has 0 bridgehead atoms. The Morgan fingerprint density at radius 2 is 2.00 bits per heavy atom. The van der Waals surface area contributed by atoms with Gasteiger partial charge in [-0.15, -0.1) is 0 Å². The zero-order valence-electron chi connectivity index (χ0n) is 14.1. The summed E-state index contributed by atoms with van der Waals surface area (Å²) < 4.78 is 4.49. The summed E-state index contributed by atoms with van der Waals surface area (Å²) in [7, 11) is 1.19. The molecule has 0 aromatic heterocycles. The molecule has 1 N–H and O–H groups in total. The normalized spacial score (nSPS) is 16.0. The first-order valence-electron chi connectivity index (χ1n) is 8.15. The lowest BCUT2D eigenvalue weighted by molar-refractivity contribution is -0.137. The Labute approximate surface area is 146 Å². The molecule has 1 aromatic rings. The van der Waals surface area contributed by atoms with Crippen LogP contribution in [-0.2, 0) is 20.9 Å². The van der Waals surface area contributed by atoms with Crippen molar-refractivity contribution < 1.29 is 19.1 Å². The van der Waals surface area contributed by atoms with Gasteiger partial charge in [-0.3, -0.25) is 14.5 Å². The topological polar surface area (TPSA) is 75.7 Å². The largest absolute Gasteiger partial charge is 0.464 e. The third-order valence-corrected chi connectivity index (χ3v) is 4.83. The standard InChI is InChI=1S/C19H20N2O4/c1-11(19(24)25-3)20-17(22)12(2)21-10-16-14(13-6-4-7-13)8-5-9-15(16)18(21)23/h5,8-9,13H,1-2,4,6-7,10H2,3H3,(H,20,22). The number of fused-ring (bicyclic) bond motifs is 1. The molecule has 1 heterocycles. The van der Waals surface area contributed by atoms with Gasteiger partial charge in [-0.25, -0.2) is 4.79 Å². The SMILES string of the molecule is C=C(NC(=O)C(=C)N1Cc2c(cccc2C2CCC2)C1=O)C(=O)OC. The van der Waals surface area contributed by atoms with Gasteiger partial charge in [-0.1, -0.05) is 31.7 Å². The molecule has 2 aliphatic rings. The third-order valence-electron chi connectivity index (χ3n) is 4.83. The maximum atomic E-state index is 12.7. The van der Waals surface area contributed by atoms with Crippen LogP contribution in [0, 0.1) is 0 Å². The second-order valence-corrected chi connectivity index (χ2v) is 6.26. The molecule has 25 heavy (non-hydrogen) atoms. The Balaban J connectivity index is 1.77. The zero-order valence-corrected chi connectivity index (χ0v) is 14.1. The summed E-state index contributed by atoms with van der Waals surface area (Å²) in [5, 5.41) is 2.31. The van der Waals surface area contributed by atoms with Gasteiger partial charge in [0, 0.05) is 5.56 Å². The van der Waals surface area contributed by atoms with Crippen molar-refractivity contribution in [1.82, 2.24) is 10.2 Å². The fraction of sp³-hybridized carbons (Fsp3) is 0.316. The smallest absolute Gasteiger partial charge is 0.353 e. The van der Waals surface area contributed by atoms with E-state index < -0.39 is 11.9 Å². The lowest BCUT2D eigenvalue weighted by atomic mass is 9.77. The molecule has 6 nitrogen and oxygen atoms in total. The summed E-state index contributed by atoms with van der Waals surface area (Å²) in [6, 6.07) is 5.72. The molecular weight excluding hydrogens is 320 g/mol. The van der Waals surface area contributed by atoms with Crippen molar-refractivity contribution in [2.75, 3.05) is 7.11 Å². The number of methoxy groups -OCH3 is 1. The first-order valence-corrected chi connectivity index (χ1v) is 8.15. The van der Waals surface area contributed by atoms with Gasteiger partial charge in [0.15, 0.2) is 0 Å². The quantitative estimate of drug-likeness (QED) is 0.659. The van der Waals surface area contributed by atoms with Crippen molar-refractivity contribution in [3.05, 3.63) is 59.4 Å². The van der Waals surface area contributed by atoms with E-state index in [9.17, 15) is 14.4 Å². The Bertz CT molecular complexity index is 793. The van der Waals surface area contributed by atoms with Crippen molar-refractivity contribution in [2.45, 2.75) is 31.7 Å². The average Bonchev–Trinajstić information content (AvgIpc) is 2.89. The monoisotopic (exact) mass is 340 g/mol. The van der Waals surface area contributed by atoms with Gasteiger partial charge in [-0.2, -0.15) is 0 Å². The number of carbonyl (C=O) groups is 3. The number of hydrogen-bond acceptors (Lipinski definition) is 4. The van der Waals surface area contributed by atoms with Gasteiger partial charge in [-0.05, 0) is 36.0 Å². The molecule has 0 unspecified atom stereocenters. The average molecular weight is 340 g/mol. The maximum Gasteiger partial charge on any atom is 0.353 e. The number of carbonyl (C=O) groups excluding carboxylic acids is 3. The summed E-state index contributed by atoms with van der Waals surface area (Å²) in [6.45, 7) is 7.47. The zero-order chi connectivity index (χ0) is 18.1. The first-order chi connectivity index (χ1) is 11.9. The minimum Gasteiger partial charge on any atom is -0.464 e. The molecule has 0 atom stereocenters. The Morgan fingerprint density at radius 3 is 2.60 bits per heavy atom. The lowest BCUT2D eigenvalue weighted by Crippen LogP contribution is -2.36. The van der Waals surface area contributed by atoms with Gasteiger partial charge in [0.25, 0.3) is 11.8 Å². The molecule has 1 fully saturated rings. The molecular formula is C19H20N2O4. The number of nitrogens with zero attached hydrogens (tertiary/aromatic N) is 1. The van der Waals surface area contributed by atoms with Crippen LogP contribution in [0.25, 0.3) is 0 Å². The number of ether oxygens (including phenoxy) is 1. The van der Waals surface area contributed by atoms with Crippen LogP contribution in [0.1, 0.15) is 46.7 Å². The highest BCUT2D eigenvalue weighted by Crippen LogP contribution is 2.41. The molecule has 1 saturated carbocycles. The van der Waals surface area contributed by atoms with Crippen LogP contribution >= 0.6 is 0 Å². The number of esters is 1. The van der Waals surface area contributed by atoms with E-state index in [1.165, 1.54) is 24.0 Å². The molecule has 2 amide bonds. The van der Waals surface area contributed by atoms with E-state index >= 15 is 0 Å². The van der Waals surface area contributed by atoms with E-state index in [1.54, 1.807) is 6.07 Å². The van der Waals surface area contributed by atoms with E-state index in [4.69, 9.17) is 0 Å². The van der Waals surface area contributed by atoms with Gasteiger partial charge in [0.05, 0.1) is 13.7 Å². The number of rotatable bonds is 5. The van der Waals surface area contributed by atoms with Crippen molar-refractivity contribution in [3.8, 4) is 0 Å². The van der Waals surface area contributed by atoms with E-state index in [-0.39, 0.29) is 17.3 Å². The summed E-state index contributed by atoms with van der Waals surface area (Å²) in [5.74, 6) is -1.16. The van der Waals surface area contributed by atoms with Gasteiger partial charge in [0.1, 0.15) is 11.4 Å². The second kappa shape index (κ2) is 6.55. The van der Waals surface area contributed by atoms with Crippen LogP contribution in [0.15, 0.2) is 42.8 Å². The van der Waals surface area contributed by atoms with Crippen LogP contribution in [0.3, 0.4) is 0 Å². The molecule has 1 aromatic carbocycles. The summed E-state index contributed by atoms with van der Waals surface area (Å²) in [6.07, 6.45) is 3.47. The van der Waals surface area contributed by atoms with Gasteiger partial charge >= 0.3 is 5.97 Å². The second-order valence-electron chi connectivity index (χ2n) is 6.26. The molecule has 3 rings (SSSR count). The highest BCUT2D eigenvalue weighted by Gasteiger charge is 2.35. The number of amides is 2. The molecule has 130 valence electrons. The van der Waals surface area contributed by atoms with Crippen LogP contribution in [0.4, 0.5) is 0 Å².